The standard InChI is InChI=1S/C19H20N6/c1-13-23-18(15-6-4-3-5-7-15)17(20)19(24-13)25-22-12-14-8-10-16(21-2)11-9-14/h3-12,21H,20H2,1-2H3,(H,23,24,25)/b22-12+. The number of nitrogen functional groups attached to an aromatic ring is 1. The van der Waals surface area contributed by atoms with Crippen LogP contribution in [0.2, 0.25) is 0 Å². The highest BCUT2D eigenvalue weighted by atomic mass is 15.3. The van der Waals surface area contributed by atoms with Crippen molar-refractivity contribution >= 4 is 23.4 Å². The summed E-state index contributed by atoms with van der Waals surface area (Å²) < 4.78 is 0. The number of anilines is 3. The first-order valence-electron chi connectivity index (χ1n) is 7.94. The van der Waals surface area contributed by atoms with Gasteiger partial charge in [0.2, 0.25) is 0 Å². The molecule has 6 heteroatoms. The average molecular weight is 332 g/mol. The van der Waals surface area contributed by atoms with Gasteiger partial charge in [0.1, 0.15) is 11.5 Å². The molecule has 0 saturated carbocycles. The Morgan fingerprint density at radius 2 is 1.72 bits per heavy atom. The third-order valence-corrected chi connectivity index (χ3v) is 3.69. The molecule has 0 bridgehead atoms. The van der Waals surface area contributed by atoms with E-state index < -0.39 is 0 Å². The fourth-order valence-corrected chi connectivity index (χ4v) is 2.39. The second-order valence-electron chi connectivity index (χ2n) is 5.49. The number of aryl methyl sites for hydroxylation is 1. The minimum atomic E-state index is 0.472. The molecule has 0 saturated heterocycles. The van der Waals surface area contributed by atoms with Gasteiger partial charge in [0.05, 0.1) is 11.9 Å². The molecule has 0 radical (unpaired) electrons. The van der Waals surface area contributed by atoms with Gasteiger partial charge in [-0.25, -0.2) is 9.97 Å². The predicted octanol–water partition coefficient (Wildman–Crippen LogP) is 3.52. The SMILES string of the molecule is CNc1ccc(/C=N/Nc2nc(C)nc(-c3ccccc3)c2N)cc1. The molecule has 1 aromatic heterocycles. The van der Waals surface area contributed by atoms with Crippen molar-refractivity contribution < 1.29 is 0 Å². The smallest absolute Gasteiger partial charge is 0.173 e. The van der Waals surface area contributed by atoms with E-state index in [0.717, 1.165) is 16.8 Å². The minimum Gasteiger partial charge on any atom is -0.394 e. The van der Waals surface area contributed by atoms with Crippen LogP contribution in [0.5, 0.6) is 0 Å². The Kier molecular flexibility index (Phi) is 4.89. The Balaban J connectivity index is 1.82. The molecule has 1 heterocycles. The molecule has 3 aromatic rings. The second kappa shape index (κ2) is 7.44. The van der Waals surface area contributed by atoms with Crippen molar-refractivity contribution in [2.75, 3.05) is 23.5 Å². The van der Waals surface area contributed by atoms with Crippen molar-refractivity contribution in [1.82, 2.24) is 9.97 Å². The first-order chi connectivity index (χ1) is 12.2. The van der Waals surface area contributed by atoms with E-state index >= 15 is 0 Å². The van der Waals surface area contributed by atoms with Crippen LogP contribution >= 0.6 is 0 Å². The highest BCUT2D eigenvalue weighted by Gasteiger charge is 2.11. The van der Waals surface area contributed by atoms with E-state index in [0.29, 0.717) is 23.0 Å². The van der Waals surface area contributed by atoms with Crippen LogP contribution in [0.3, 0.4) is 0 Å². The molecule has 0 unspecified atom stereocenters. The Bertz CT molecular complexity index is 872. The highest BCUT2D eigenvalue weighted by molar-refractivity contribution is 5.83. The number of benzene rings is 2. The molecule has 0 amide bonds. The Morgan fingerprint density at radius 1 is 1.00 bits per heavy atom. The van der Waals surface area contributed by atoms with E-state index in [2.05, 4.69) is 25.8 Å². The summed E-state index contributed by atoms with van der Waals surface area (Å²) in [5, 5.41) is 7.32. The predicted molar refractivity (Wildman–Crippen MR) is 104 cm³/mol. The number of nitrogens with one attached hydrogen (secondary N) is 2. The lowest BCUT2D eigenvalue weighted by atomic mass is 10.1. The molecular formula is C19H20N6. The zero-order valence-corrected chi connectivity index (χ0v) is 14.2. The van der Waals surface area contributed by atoms with Crippen LogP contribution in [-0.4, -0.2) is 23.2 Å². The summed E-state index contributed by atoms with van der Waals surface area (Å²) in [6.07, 6.45) is 1.72. The van der Waals surface area contributed by atoms with E-state index in [1.807, 2.05) is 68.6 Å². The molecule has 0 atom stereocenters. The number of nitrogens with zero attached hydrogens (tertiary/aromatic N) is 3. The van der Waals surface area contributed by atoms with E-state index in [1.165, 1.54) is 0 Å². The molecule has 0 fully saturated rings. The van der Waals surface area contributed by atoms with Crippen LogP contribution in [0.4, 0.5) is 17.2 Å². The number of hydrazone groups is 1. The van der Waals surface area contributed by atoms with Gasteiger partial charge in [0, 0.05) is 18.3 Å². The van der Waals surface area contributed by atoms with Crippen molar-refractivity contribution in [3.8, 4) is 11.3 Å². The van der Waals surface area contributed by atoms with Crippen LogP contribution < -0.4 is 16.5 Å². The molecule has 25 heavy (non-hydrogen) atoms. The fraction of sp³-hybridized carbons (Fsp3) is 0.105. The van der Waals surface area contributed by atoms with Crippen LogP contribution in [0.15, 0.2) is 59.7 Å². The fourth-order valence-electron chi connectivity index (χ4n) is 2.39. The molecule has 0 spiro atoms. The number of hydrogen-bond acceptors (Lipinski definition) is 6. The number of nitrogens with two attached hydrogens (primary N) is 1. The van der Waals surface area contributed by atoms with Gasteiger partial charge in [0.15, 0.2) is 5.82 Å². The third kappa shape index (κ3) is 3.92. The lowest BCUT2D eigenvalue weighted by Crippen LogP contribution is -2.05. The maximum Gasteiger partial charge on any atom is 0.173 e. The lowest BCUT2D eigenvalue weighted by molar-refractivity contribution is 1.05. The van der Waals surface area contributed by atoms with E-state index in [-0.39, 0.29) is 0 Å². The summed E-state index contributed by atoms with van der Waals surface area (Å²) in [5.74, 6) is 1.12. The second-order valence-corrected chi connectivity index (χ2v) is 5.49. The van der Waals surface area contributed by atoms with Crippen LogP contribution in [0, 0.1) is 6.92 Å². The van der Waals surface area contributed by atoms with Crippen LogP contribution in [0.25, 0.3) is 11.3 Å². The summed E-state index contributed by atoms with van der Waals surface area (Å²) in [7, 11) is 1.88. The van der Waals surface area contributed by atoms with E-state index in [4.69, 9.17) is 5.73 Å². The Morgan fingerprint density at radius 3 is 2.40 bits per heavy atom. The number of hydrogen-bond donors (Lipinski definition) is 3. The monoisotopic (exact) mass is 332 g/mol. The van der Waals surface area contributed by atoms with Gasteiger partial charge in [-0.3, -0.25) is 5.43 Å². The first-order valence-corrected chi connectivity index (χ1v) is 7.94. The zero-order valence-electron chi connectivity index (χ0n) is 14.2. The number of aromatic nitrogens is 2. The average Bonchev–Trinajstić information content (AvgIpc) is 2.65. The van der Waals surface area contributed by atoms with Gasteiger partial charge in [-0.1, -0.05) is 42.5 Å². The van der Waals surface area contributed by atoms with Crippen molar-refractivity contribution in [2.45, 2.75) is 6.92 Å². The minimum absolute atomic E-state index is 0.472. The van der Waals surface area contributed by atoms with Gasteiger partial charge in [-0.15, -0.1) is 0 Å². The maximum atomic E-state index is 6.23. The summed E-state index contributed by atoms with van der Waals surface area (Å²) in [5.41, 5.74) is 13.3. The van der Waals surface area contributed by atoms with Crippen molar-refractivity contribution in [3.05, 3.63) is 66.0 Å². The highest BCUT2D eigenvalue weighted by Crippen LogP contribution is 2.28. The summed E-state index contributed by atoms with van der Waals surface area (Å²) in [6, 6.07) is 17.7. The van der Waals surface area contributed by atoms with E-state index in [1.54, 1.807) is 6.21 Å². The quantitative estimate of drug-likeness (QED) is 0.491. The molecule has 3 rings (SSSR count). The summed E-state index contributed by atoms with van der Waals surface area (Å²) in [6.45, 7) is 1.83. The first kappa shape index (κ1) is 16.4. The van der Waals surface area contributed by atoms with Crippen molar-refractivity contribution in [3.63, 3.8) is 0 Å². The van der Waals surface area contributed by atoms with Gasteiger partial charge in [-0.05, 0) is 24.6 Å². The van der Waals surface area contributed by atoms with Gasteiger partial charge < -0.3 is 11.1 Å². The maximum absolute atomic E-state index is 6.23. The molecule has 0 aliphatic carbocycles. The van der Waals surface area contributed by atoms with Crippen LogP contribution in [0.1, 0.15) is 11.4 Å². The molecule has 0 aliphatic heterocycles. The van der Waals surface area contributed by atoms with Gasteiger partial charge in [-0.2, -0.15) is 5.10 Å². The third-order valence-electron chi connectivity index (χ3n) is 3.69. The molecule has 6 nitrogen and oxygen atoms in total. The van der Waals surface area contributed by atoms with Gasteiger partial charge >= 0.3 is 0 Å². The Labute approximate surface area is 146 Å². The summed E-state index contributed by atoms with van der Waals surface area (Å²) in [4.78, 5) is 8.80. The topological polar surface area (TPSA) is 88.2 Å². The van der Waals surface area contributed by atoms with Gasteiger partial charge in [0.25, 0.3) is 0 Å². The molecular weight excluding hydrogens is 312 g/mol. The zero-order chi connectivity index (χ0) is 17.6. The normalized spacial score (nSPS) is 10.8. The molecule has 0 aliphatic rings. The Hall–Kier alpha value is -3.41. The van der Waals surface area contributed by atoms with Crippen molar-refractivity contribution in [2.24, 2.45) is 5.10 Å². The summed E-state index contributed by atoms with van der Waals surface area (Å²) >= 11 is 0. The lowest BCUT2D eigenvalue weighted by Gasteiger charge is -2.10. The number of rotatable bonds is 5. The van der Waals surface area contributed by atoms with E-state index in [9.17, 15) is 0 Å². The molecule has 4 N–H and O–H groups in total. The molecule has 126 valence electrons. The van der Waals surface area contributed by atoms with Crippen LogP contribution in [-0.2, 0) is 0 Å². The molecule has 2 aromatic carbocycles. The largest absolute Gasteiger partial charge is 0.394 e. The van der Waals surface area contributed by atoms with Crippen molar-refractivity contribution in [1.29, 1.82) is 0 Å².